The van der Waals surface area contributed by atoms with Gasteiger partial charge in [0, 0.05) is 51.3 Å². The molecule has 5 heteroatoms. The zero-order chi connectivity index (χ0) is 31.5. The summed E-state index contributed by atoms with van der Waals surface area (Å²) >= 11 is 0. The highest BCUT2D eigenvalue weighted by atomic mass is 16.5. The molecule has 0 fully saturated rings. The molecule has 5 aromatic carbocycles. The van der Waals surface area contributed by atoms with Crippen molar-refractivity contribution < 1.29 is 4.74 Å². The van der Waals surface area contributed by atoms with E-state index in [9.17, 15) is 0 Å². The molecule has 0 amide bonds. The Morgan fingerprint density at radius 3 is 2.06 bits per heavy atom. The molecule has 0 N–H and O–H groups in total. The lowest BCUT2D eigenvalue weighted by atomic mass is 10.1. The summed E-state index contributed by atoms with van der Waals surface area (Å²) in [7, 11) is 0. The number of aryl methyl sites for hydroxylation is 2. The predicted molar refractivity (Wildman–Crippen MR) is 192 cm³/mol. The van der Waals surface area contributed by atoms with Gasteiger partial charge in [0.05, 0.1) is 27.8 Å². The molecule has 9 aromatic rings. The average molecular weight is 607 g/mol. The number of rotatable bonds is 5. The van der Waals surface area contributed by atoms with Crippen LogP contribution in [0.15, 0.2) is 146 Å². The van der Waals surface area contributed by atoms with E-state index in [4.69, 9.17) is 9.72 Å². The summed E-state index contributed by atoms with van der Waals surface area (Å²) < 4.78 is 11.2. The molecule has 0 radical (unpaired) electrons. The van der Waals surface area contributed by atoms with Crippen LogP contribution in [0.5, 0.6) is 11.5 Å². The summed E-state index contributed by atoms with van der Waals surface area (Å²) in [5.74, 6) is 2.40. The third kappa shape index (κ3) is 4.39. The van der Waals surface area contributed by atoms with E-state index in [2.05, 4.69) is 125 Å². The summed E-state index contributed by atoms with van der Waals surface area (Å²) in [6, 6.07) is 46.4. The minimum atomic E-state index is 0.756. The first-order valence-corrected chi connectivity index (χ1v) is 15.8. The molecular weight excluding hydrogens is 576 g/mol. The first kappa shape index (κ1) is 27.1. The highest BCUT2D eigenvalue weighted by Gasteiger charge is 2.21. The zero-order valence-corrected chi connectivity index (χ0v) is 26.1. The molecule has 0 bridgehead atoms. The van der Waals surface area contributed by atoms with E-state index in [0.717, 1.165) is 50.7 Å². The van der Waals surface area contributed by atoms with Crippen molar-refractivity contribution in [2.45, 2.75) is 13.8 Å². The van der Waals surface area contributed by atoms with Gasteiger partial charge in [0.2, 0.25) is 0 Å². The quantitative estimate of drug-likeness (QED) is 0.196. The molecular formula is C42H30N4O. The van der Waals surface area contributed by atoms with E-state index in [1.54, 1.807) is 0 Å². The van der Waals surface area contributed by atoms with Gasteiger partial charge in [-0.1, -0.05) is 54.6 Å². The van der Waals surface area contributed by atoms with Crippen molar-refractivity contribution in [2.24, 2.45) is 0 Å². The molecule has 0 spiro atoms. The second-order valence-electron chi connectivity index (χ2n) is 12.0. The zero-order valence-electron chi connectivity index (χ0n) is 26.1. The van der Waals surface area contributed by atoms with E-state index < -0.39 is 0 Å². The number of fused-ring (bicyclic) bond motifs is 7. The lowest BCUT2D eigenvalue weighted by Crippen LogP contribution is -1.99. The van der Waals surface area contributed by atoms with E-state index >= 15 is 0 Å². The van der Waals surface area contributed by atoms with Gasteiger partial charge in [-0.2, -0.15) is 0 Å². The number of benzene rings is 5. The average Bonchev–Trinajstić information content (AvgIpc) is 3.63. The number of ether oxygens (including phenoxy) is 1. The Morgan fingerprint density at radius 2 is 1.26 bits per heavy atom. The number of hydrogen-bond acceptors (Lipinski definition) is 3. The topological polar surface area (TPSA) is 44.9 Å². The molecule has 47 heavy (non-hydrogen) atoms. The Bertz CT molecular complexity index is 2620. The maximum absolute atomic E-state index is 6.53. The minimum absolute atomic E-state index is 0.756. The van der Waals surface area contributed by atoms with Crippen molar-refractivity contribution in [3.8, 4) is 34.3 Å². The molecule has 0 saturated heterocycles. The van der Waals surface area contributed by atoms with Crippen LogP contribution in [0.1, 0.15) is 11.1 Å². The molecule has 0 aliphatic rings. The summed E-state index contributed by atoms with van der Waals surface area (Å²) in [6.07, 6.45) is 3.77. The SMILES string of the molecule is Cc1cnc(-n2c3cc(Oc4cccc(-c5ccccn5)c4)ccc3c3c4c5ccccc5n(-c5ccccc5)c4ccc32)cc1C. The monoisotopic (exact) mass is 606 g/mol. The Labute approximate surface area is 272 Å². The summed E-state index contributed by atoms with van der Waals surface area (Å²) in [6.45, 7) is 4.24. The summed E-state index contributed by atoms with van der Waals surface area (Å²) in [5, 5.41) is 4.80. The minimum Gasteiger partial charge on any atom is -0.457 e. The second kappa shape index (κ2) is 10.7. The van der Waals surface area contributed by atoms with Gasteiger partial charge < -0.3 is 9.30 Å². The molecule has 0 atom stereocenters. The van der Waals surface area contributed by atoms with Gasteiger partial charge in [0.25, 0.3) is 0 Å². The fourth-order valence-electron chi connectivity index (χ4n) is 6.83. The maximum atomic E-state index is 6.53. The van der Waals surface area contributed by atoms with Crippen molar-refractivity contribution in [3.63, 3.8) is 0 Å². The van der Waals surface area contributed by atoms with Gasteiger partial charge in [-0.3, -0.25) is 9.55 Å². The van der Waals surface area contributed by atoms with Crippen LogP contribution in [0.2, 0.25) is 0 Å². The maximum Gasteiger partial charge on any atom is 0.137 e. The molecule has 0 aliphatic carbocycles. The van der Waals surface area contributed by atoms with Gasteiger partial charge >= 0.3 is 0 Å². The highest BCUT2D eigenvalue weighted by molar-refractivity contribution is 6.29. The van der Waals surface area contributed by atoms with E-state index in [1.165, 1.54) is 38.3 Å². The Hall–Kier alpha value is -6.20. The van der Waals surface area contributed by atoms with Crippen molar-refractivity contribution in [1.29, 1.82) is 0 Å². The highest BCUT2D eigenvalue weighted by Crippen LogP contribution is 2.43. The van der Waals surface area contributed by atoms with Crippen LogP contribution in [0, 0.1) is 13.8 Å². The first-order valence-electron chi connectivity index (χ1n) is 15.8. The van der Waals surface area contributed by atoms with E-state index in [0.29, 0.717) is 0 Å². The van der Waals surface area contributed by atoms with Crippen molar-refractivity contribution >= 4 is 43.6 Å². The van der Waals surface area contributed by atoms with Crippen LogP contribution in [0.4, 0.5) is 0 Å². The van der Waals surface area contributed by atoms with Crippen LogP contribution in [0.25, 0.3) is 66.4 Å². The fourth-order valence-corrected chi connectivity index (χ4v) is 6.83. The molecule has 224 valence electrons. The van der Waals surface area contributed by atoms with Crippen molar-refractivity contribution in [1.82, 2.24) is 19.1 Å². The van der Waals surface area contributed by atoms with Crippen LogP contribution >= 0.6 is 0 Å². The summed E-state index contributed by atoms with van der Waals surface area (Å²) in [4.78, 5) is 9.47. The number of nitrogens with zero attached hydrogens (tertiary/aromatic N) is 4. The molecule has 0 saturated carbocycles. The van der Waals surface area contributed by atoms with Gasteiger partial charge in [0.1, 0.15) is 17.3 Å². The molecule has 4 aromatic heterocycles. The number of pyridine rings is 2. The summed E-state index contributed by atoms with van der Waals surface area (Å²) in [5.41, 5.74) is 9.92. The number of aromatic nitrogens is 4. The molecule has 5 nitrogen and oxygen atoms in total. The van der Waals surface area contributed by atoms with Crippen molar-refractivity contribution in [3.05, 3.63) is 157 Å². The third-order valence-electron chi connectivity index (χ3n) is 9.17. The van der Waals surface area contributed by atoms with Gasteiger partial charge in [-0.05, 0) is 97.8 Å². The Morgan fingerprint density at radius 1 is 0.511 bits per heavy atom. The molecule has 9 rings (SSSR count). The van der Waals surface area contributed by atoms with Crippen LogP contribution in [-0.2, 0) is 0 Å². The van der Waals surface area contributed by atoms with Gasteiger partial charge in [0.15, 0.2) is 0 Å². The smallest absolute Gasteiger partial charge is 0.137 e. The van der Waals surface area contributed by atoms with Crippen LogP contribution in [0.3, 0.4) is 0 Å². The Kier molecular flexibility index (Phi) is 6.18. The largest absolute Gasteiger partial charge is 0.457 e. The normalized spacial score (nSPS) is 11.6. The van der Waals surface area contributed by atoms with Crippen LogP contribution in [-0.4, -0.2) is 19.1 Å². The standard InChI is InChI=1S/C42H30N4O/c1-27-23-40(44-26-28(27)2)46-38-21-20-37-41(33-15-6-7-17-36(33)45(37)30-12-4-3-5-13-30)42(38)34-19-18-32(25-39(34)46)47-31-14-10-11-29(24-31)35-16-8-9-22-43-35/h3-26H,1-2H3. The van der Waals surface area contributed by atoms with E-state index in [1.807, 2.05) is 48.8 Å². The predicted octanol–water partition coefficient (Wildman–Crippen LogP) is 10.7. The molecule has 4 heterocycles. The second-order valence-corrected chi connectivity index (χ2v) is 12.0. The lowest BCUT2D eigenvalue weighted by molar-refractivity contribution is 0.483. The number of para-hydroxylation sites is 2. The van der Waals surface area contributed by atoms with Crippen LogP contribution < -0.4 is 4.74 Å². The molecule has 0 aliphatic heterocycles. The lowest BCUT2D eigenvalue weighted by Gasteiger charge is -2.11. The fraction of sp³-hybridized carbons (Fsp3) is 0.0476. The number of hydrogen-bond donors (Lipinski definition) is 0. The van der Waals surface area contributed by atoms with E-state index in [-0.39, 0.29) is 0 Å². The van der Waals surface area contributed by atoms with Gasteiger partial charge in [-0.25, -0.2) is 4.98 Å². The third-order valence-corrected chi connectivity index (χ3v) is 9.17. The van der Waals surface area contributed by atoms with Gasteiger partial charge in [-0.15, -0.1) is 0 Å². The first-order chi connectivity index (χ1) is 23.1. The van der Waals surface area contributed by atoms with Crippen molar-refractivity contribution in [2.75, 3.05) is 0 Å². The Balaban J connectivity index is 1.31. The molecule has 0 unspecified atom stereocenters.